The fraction of sp³-hybridized carbons (Fsp3) is 0.571. The largest absolute Gasteiger partial charge is 0.494 e. The second-order valence-electron chi connectivity index (χ2n) is 4.98. The summed E-state index contributed by atoms with van der Waals surface area (Å²) in [5, 5.41) is 10.1. The standard InChI is InChI=1S/C14H21NO3/c1-5-11(16)13-10(4)8-12(17)15(14(13)18)7-6-9(2)3/h8-9,18H,5-7H2,1-4H3. The maximum atomic E-state index is 11.8. The predicted molar refractivity (Wildman–Crippen MR) is 71.2 cm³/mol. The normalized spacial score (nSPS) is 10.9. The van der Waals surface area contributed by atoms with Gasteiger partial charge in [-0.15, -0.1) is 0 Å². The molecule has 0 aliphatic carbocycles. The summed E-state index contributed by atoms with van der Waals surface area (Å²) in [5.74, 6) is 0.110. The highest BCUT2D eigenvalue weighted by molar-refractivity contribution is 5.99. The average Bonchev–Trinajstić information content (AvgIpc) is 2.27. The molecule has 1 aromatic heterocycles. The number of rotatable bonds is 5. The lowest BCUT2D eigenvalue weighted by Crippen LogP contribution is -2.23. The molecule has 1 rings (SSSR count). The van der Waals surface area contributed by atoms with E-state index in [4.69, 9.17) is 0 Å². The van der Waals surface area contributed by atoms with Crippen molar-refractivity contribution in [2.24, 2.45) is 5.92 Å². The van der Waals surface area contributed by atoms with E-state index in [1.54, 1.807) is 13.8 Å². The molecule has 18 heavy (non-hydrogen) atoms. The molecule has 0 radical (unpaired) electrons. The Balaban J connectivity index is 3.27. The highest BCUT2D eigenvalue weighted by atomic mass is 16.3. The Morgan fingerprint density at radius 1 is 1.44 bits per heavy atom. The van der Waals surface area contributed by atoms with Crippen LogP contribution in [-0.2, 0) is 6.54 Å². The quantitative estimate of drug-likeness (QED) is 0.818. The average molecular weight is 251 g/mol. The minimum absolute atomic E-state index is 0.136. The summed E-state index contributed by atoms with van der Waals surface area (Å²) in [6, 6.07) is 1.42. The molecule has 0 amide bonds. The maximum absolute atomic E-state index is 11.8. The van der Waals surface area contributed by atoms with Crippen molar-refractivity contribution < 1.29 is 9.90 Å². The fourth-order valence-corrected chi connectivity index (χ4v) is 1.88. The number of hydrogen-bond donors (Lipinski definition) is 1. The summed E-state index contributed by atoms with van der Waals surface area (Å²) >= 11 is 0. The van der Waals surface area contributed by atoms with E-state index in [-0.39, 0.29) is 22.8 Å². The van der Waals surface area contributed by atoms with Crippen LogP contribution in [0.5, 0.6) is 5.88 Å². The molecule has 0 atom stereocenters. The van der Waals surface area contributed by atoms with Crippen LogP contribution in [0.15, 0.2) is 10.9 Å². The van der Waals surface area contributed by atoms with Crippen LogP contribution < -0.4 is 5.56 Å². The van der Waals surface area contributed by atoms with Crippen LogP contribution in [0.4, 0.5) is 0 Å². The van der Waals surface area contributed by atoms with Gasteiger partial charge in [0, 0.05) is 19.0 Å². The molecule has 0 spiro atoms. The number of carbonyl (C=O) groups is 1. The number of hydrogen-bond acceptors (Lipinski definition) is 3. The molecule has 1 aromatic rings. The van der Waals surface area contributed by atoms with E-state index < -0.39 is 0 Å². The van der Waals surface area contributed by atoms with Crippen LogP contribution in [0.3, 0.4) is 0 Å². The number of nitrogens with zero attached hydrogens (tertiary/aromatic N) is 1. The third-order valence-corrected chi connectivity index (χ3v) is 3.01. The Hall–Kier alpha value is -1.58. The van der Waals surface area contributed by atoms with Gasteiger partial charge in [-0.3, -0.25) is 14.2 Å². The van der Waals surface area contributed by atoms with Crippen molar-refractivity contribution in [3.63, 3.8) is 0 Å². The lowest BCUT2D eigenvalue weighted by molar-refractivity contribution is 0.0983. The Morgan fingerprint density at radius 2 is 2.06 bits per heavy atom. The van der Waals surface area contributed by atoms with Gasteiger partial charge in [0.05, 0.1) is 5.56 Å². The third-order valence-electron chi connectivity index (χ3n) is 3.01. The molecule has 0 aliphatic rings. The molecule has 0 aliphatic heterocycles. The highest BCUT2D eigenvalue weighted by Crippen LogP contribution is 2.21. The van der Waals surface area contributed by atoms with E-state index in [0.717, 1.165) is 6.42 Å². The summed E-state index contributed by atoms with van der Waals surface area (Å²) in [6.45, 7) is 7.96. The van der Waals surface area contributed by atoms with Crippen LogP contribution in [-0.4, -0.2) is 15.5 Å². The minimum Gasteiger partial charge on any atom is -0.494 e. The monoisotopic (exact) mass is 251 g/mol. The Labute approximate surface area is 107 Å². The van der Waals surface area contributed by atoms with Crippen LogP contribution in [0, 0.1) is 12.8 Å². The molecular weight excluding hydrogens is 230 g/mol. The van der Waals surface area contributed by atoms with Crippen molar-refractivity contribution in [2.75, 3.05) is 0 Å². The van der Waals surface area contributed by atoms with Gasteiger partial charge >= 0.3 is 0 Å². The number of Topliss-reactive ketones (excluding diaryl/α,β-unsaturated/α-hetero) is 1. The van der Waals surface area contributed by atoms with Crippen molar-refractivity contribution in [3.8, 4) is 5.88 Å². The van der Waals surface area contributed by atoms with Gasteiger partial charge in [-0.2, -0.15) is 0 Å². The molecule has 4 nitrogen and oxygen atoms in total. The minimum atomic E-state index is -0.252. The maximum Gasteiger partial charge on any atom is 0.253 e. The van der Waals surface area contributed by atoms with Gasteiger partial charge in [-0.25, -0.2) is 0 Å². The Kier molecular flexibility index (Phi) is 4.70. The molecular formula is C14H21NO3. The zero-order valence-corrected chi connectivity index (χ0v) is 11.5. The summed E-state index contributed by atoms with van der Waals surface area (Å²) < 4.78 is 1.29. The molecule has 0 saturated heterocycles. The third kappa shape index (κ3) is 3.00. The van der Waals surface area contributed by atoms with Gasteiger partial charge in [0.2, 0.25) is 5.88 Å². The van der Waals surface area contributed by atoms with Gasteiger partial charge < -0.3 is 5.11 Å². The van der Waals surface area contributed by atoms with Gasteiger partial charge in [-0.1, -0.05) is 20.8 Å². The summed E-state index contributed by atoms with van der Waals surface area (Å²) in [6.07, 6.45) is 1.10. The number of aryl methyl sites for hydroxylation is 1. The second kappa shape index (κ2) is 5.85. The summed E-state index contributed by atoms with van der Waals surface area (Å²) in [5.41, 5.74) is 0.573. The first kappa shape index (κ1) is 14.5. The first-order chi connectivity index (χ1) is 8.38. The van der Waals surface area contributed by atoms with Crippen LogP contribution in [0.1, 0.15) is 49.5 Å². The van der Waals surface area contributed by atoms with Gasteiger partial charge in [0.15, 0.2) is 5.78 Å². The van der Waals surface area contributed by atoms with Crippen molar-refractivity contribution in [2.45, 2.75) is 47.1 Å². The van der Waals surface area contributed by atoms with Gasteiger partial charge in [0.1, 0.15) is 0 Å². The van der Waals surface area contributed by atoms with E-state index in [1.807, 2.05) is 13.8 Å². The van der Waals surface area contributed by atoms with Crippen molar-refractivity contribution in [1.29, 1.82) is 0 Å². The molecule has 4 heteroatoms. The Morgan fingerprint density at radius 3 is 2.56 bits per heavy atom. The lowest BCUT2D eigenvalue weighted by atomic mass is 10.0. The molecule has 0 bridgehead atoms. The Bertz CT molecular complexity index is 500. The van der Waals surface area contributed by atoms with E-state index in [9.17, 15) is 14.7 Å². The molecule has 1 heterocycles. The molecule has 100 valence electrons. The molecule has 0 unspecified atom stereocenters. The number of aromatic hydroxyl groups is 1. The SMILES string of the molecule is CCC(=O)c1c(C)cc(=O)n(CCC(C)C)c1O. The van der Waals surface area contributed by atoms with Gasteiger partial charge in [-0.05, 0) is 24.8 Å². The zero-order chi connectivity index (χ0) is 13.9. The smallest absolute Gasteiger partial charge is 0.253 e. The van der Waals surface area contributed by atoms with Gasteiger partial charge in [0.25, 0.3) is 5.56 Å². The molecule has 0 fully saturated rings. The van der Waals surface area contributed by atoms with Crippen molar-refractivity contribution in [1.82, 2.24) is 4.57 Å². The van der Waals surface area contributed by atoms with Crippen LogP contribution in [0.2, 0.25) is 0 Å². The molecule has 1 N–H and O–H groups in total. The number of aromatic nitrogens is 1. The highest BCUT2D eigenvalue weighted by Gasteiger charge is 2.17. The number of pyridine rings is 1. The lowest BCUT2D eigenvalue weighted by Gasteiger charge is -2.14. The zero-order valence-electron chi connectivity index (χ0n) is 11.5. The topological polar surface area (TPSA) is 59.3 Å². The van der Waals surface area contributed by atoms with E-state index in [2.05, 4.69) is 0 Å². The number of ketones is 1. The first-order valence-corrected chi connectivity index (χ1v) is 6.35. The molecule has 0 aromatic carbocycles. The summed E-state index contributed by atoms with van der Waals surface area (Å²) in [4.78, 5) is 23.6. The molecule has 0 saturated carbocycles. The van der Waals surface area contributed by atoms with E-state index in [0.29, 0.717) is 24.4 Å². The van der Waals surface area contributed by atoms with Crippen molar-refractivity contribution in [3.05, 3.63) is 27.5 Å². The first-order valence-electron chi connectivity index (χ1n) is 6.35. The predicted octanol–water partition coefficient (Wildman–Crippen LogP) is 2.50. The fourth-order valence-electron chi connectivity index (χ4n) is 1.88. The second-order valence-corrected chi connectivity index (χ2v) is 4.98. The van der Waals surface area contributed by atoms with E-state index in [1.165, 1.54) is 10.6 Å². The summed E-state index contributed by atoms with van der Waals surface area (Å²) in [7, 11) is 0. The van der Waals surface area contributed by atoms with E-state index >= 15 is 0 Å². The van der Waals surface area contributed by atoms with Crippen LogP contribution >= 0.6 is 0 Å². The van der Waals surface area contributed by atoms with Crippen LogP contribution in [0.25, 0.3) is 0 Å². The number of carbonyl (C=O) groups excluding carboxylic acids is 1. The van der Waals surface area contributed by atoms with Crippen molar-refractivity contribution >= 4 is 5.78 Å².